The SMILES string of the molecule is O=C(O)CC1CCCCN1Cc1cscn1. The Morgan fingerprint density at radius 1 is 1.62 bits per heavy atom. The third-order valence-corrected chi connectivity index (χ3v) is 3.64. The van der Waals surface area contributed by atoms with Crippen LogP contribution in [-0.4, -0.2) is 33.5 Å². The summed E-state index contributed by atoms with van der Waals surface area (Å²) >= 11 is 1.59. The molecule has 1 N–H and O–H groups in total. The summed E-state index contributed by atoms with van der Waals surface area (Å²) in [5.41, 5.74) is 2.88. The molecule has 0 radical (unpaired) electrons. The predicted molar refractivity (Wildman–Crippen MR) is 62.4 cm³/mol. The van der Waals surface area contributed by atoms with E-state index in [1.165, 1.54) is 6.42 Å². The fourth-order valence-corrected chi connectivity index (χ4v) is 2.77. The normalized spacial score (nSPS) is 22.1. The lowest BCUT2D eigenvalue weighted by Gasteiger charge is -2.34. The third-order valence-electron chi connectivity index (χ3n) is 3.01. The molecule has 1 atom stereocenters. The summed E-state index contributed by atoms with van der Waals surface area (Å²) in [6.45, 7) is 1.79. The van der Waals surface area contributed by atoms with E-state index in [1.807, 2.05) is 10.9 Å². The van der Waals surface area contributed by atoms with Gasteiger partial charge in [0.25, 0.3) is 0 Å². The maximum atomic E-state index is 10.8. The minimum Gasteiger partial charge on any atom is -0.481 e. The van der Waals surface area contributed by atoms with Crippen LogP contribution in [0.1, 0.15) is 31.4 Å². The Labute approximate surface area is 98.9 Å². The molecule has 4 nitrogen and oxygen atoms in total. The minimum atomic E-state index is -0.699. The molecule has 0 aliphatic carbocycles. The summed E-state index contributed by atoms with van der Waals surface area (Å²) in [4.78, 5) is 17.3. The van der Waals surface area contributed by atoms with Crippen LogP contribution in [0.2, 0.25) is 0 Å². The van der Waals surface area contributed by atoms with Gasteiger partial charge in [-0.15, -0.1) is 11.3 Å². The van der Waals surface area contributed by atoms with E-state index in [-0.39, 0.29) is 12.5 Å². The van der Waals surface area contributed by atoms with Crippen LogP contribution in [-0.2, 0) is 11.3 Å². The number of carboxylic acid groups (broad SMARTS) is 1. The summed E-state index contributed by atoms with van der Waals surface area (Å²) in [6, 6.07) is 0.188. The molecule has 1 unspecified atom stereocenters. The standard InChI is InChI=1S/C11H16N2O2S/c14-11(15)5-10-3-1-2-4-13(10)6-9-7-16-8-12-9/h7-8,10H,1-6H2,(H,14,15). The Kier molecular flexibility index (Phi) is 3.90. The Hall–Kier alpha value is -0.940. The van der Waals surface area contributed by atoms with Crippen molar-refractivity contribution in [1.29, 1.82) is 0 Å². The van der Waals surface area contributed by atoms with Crippen molar-refractivity contribution < 1.29 is 9.90 Å². The van der Waals surface area contributed by atoms with Crippen LogP contribution in [0.3, 0.4) is 0 Å². The van der Waals surface area contributed by atoms with Crippen molar-refractivity contribution in [2.24, 2.45) is 0 Å². The quantitative estimate of drug-likeness (QED) is 0.874. The zero-order chi connectivity index (χ0) is 11.4. The van der Waals surface area contributed by atoms with Crippen LogP contribution in [0.4, 0.5) is 0 Å². The lowest BCUT2D eigenvalue weighted by Crippen LogP contribution is -2.40. The van der Waals surface area contributed by atoms with Crippen molar-refractivity contribution in [2.75, 3.05) is 6.54 Å². The van der Waals surface area contributed by atoms with E-state index < -0.39 is 5.97 Å². The molecule has 16 heavy (non-hydrogen) atoms. The highest BCUT2D eigenvalue weighted by molar-refractivity contribution is 7.07. The first-order valence-corrected chi connectivity index (χ1v) is 6.53. The van der Waals surface area contributed by atoms with E-state index in [4.69, 9.17) is 5.11 Å². The second-order valence-electron chi connectivity index (χ2n) is 4.20. The van der Waals surface area contributed by atoms with E-state index in [0.29, 0.717) is 0 Å². The Morgan fingerprint density at radius 3 is 3.19 bits per heavy atom. The van der Waals surface area contributed by atoms with E-state index in [9.17, 15) is 4.79 Å². The molecule has 1 aliphatic heterocycles. The molecule has 0 amide bonds. The molecular weight excluding hydrogens is 224 g/mol. The van der Waals surface area contributed by atoms with Crippen LogP contribution in [0.15, 0.2) is 10.9 Å². The molecule has 0 bridgehead atoms. The number of hydrogen-bond donors (Lipinski definition) is 1. The molecule has 1 aromatic heterocycles. The first-order chi connectivity index (χ1) is 7.75. The van der Waals surface area contributed by atoms with Gasteiger partial charge >= 0.3 is 5.97 Å². The predicted octanol–water partition coefficient (Wildman–Crippen LogP) is 1.97. The maximum absolute atomic E-state index is 10.8. The average molecular weight is 240 g/mol. The van der Waals surface area contributed by atoms with Gasteiger partial charge in [-0.25, -0.2) is 4.98 Å². The van der Waals surface area contributed by atoms with Crippen LogP contribution < -0.4 is 0 Å². The number of thiazole rings is 1. The van der Waals surface area contributed by atoms with Crippen molar-refractivity contribution in [3.05, 3.63) is 16.6 Å². The number of piperidine rings is 1. The number of hydrogen-bond acceptors (Lipinski definition) is 4. The third kappa shape index (κ3) is 3.02. The van der Waals surface area contributed by atoms with Crippen molar-refractivity contribution in [2.45, 2.75) is 38.3 Å². The fraction of sp³-hybridized carbons (Fsp3) is 0.636. The number of aromatic nitrogens is 1. The highest BCUT2D eigenvalue weighted by Gasteiger charge is 2.24. The highest BCUT2D eigenvalue weighted by atomic mass is 32.1. The molecule has 5 heteroatoms. The molecule has 0 aromatic carbocycles. The molecule has 2 rings (SSSR count). The summed E-state index contributed by atoms with van der Waals surface area (Å²) in [7, 11) is 0. The van der Waals surface area contributed by atoms with Gasteiger partial charge in [-0.05, 0) is 19.4 Å². The minimum absolute atomic E-state index is 0.188. The fourth-order valence-electron chi connectivity index (χ4n) is 2.22. The Morgan fingerprint density at radius 2 is 2.50 bits per heavy atom. The van der Waals surface area contributed by atoms with E-state index in [0.717, 1.165) is 31.6 Å². The Bertz CT molecular complexity index is 340. The molecule has 1 aliphatic rings. The van der Waals surface area contributed by atoms with Gasteiger partial charge in [-0.3, -0.25) is 9.69 Å². The maximum Gasteiger partial charge on any atom is 0.304 e. The molecule has 1 saturated heterocycles. The van der Waals surface area contributed by atoms with Crippen LogP contribution in [0.5, 0.6) is 0 Å². The summed E-state index contributed by atoms with van der Waals surface area (Å²) in [6.07, 6.45) is 3.56. The van der Waals surface area contributed by atoms with Crippen molar-refractivity contribution in [3.8, 4) is 0 Å². The zero-order valence-corrected chi connectivity index (χ0v) is 9.95. The lowest BCUT2D eigenvalue weighted by atomic mass is 9.99. The van der Waals surface area contributed by atoms with Gasteiger partial charge < -0.3 is 5.11 Å². The summed E-state index contributed by atoms with van der Waals surface area (Å²) in [5, 5.41) is 10.9. The van der Waals surface area contributed by atoms with Gasteiger partial charge in [0.15, 0.2) is 0 Å². The molecule has 88 valence electrons. The molecule has 1 aromatic rings. The van der Waals surface area contributed by atoms with Gasteiger partial charge in [0.1, 0.15) is 0 Å². The van der Waals surface area contributed by atoms with E-state index in [2.05, 4.69) is 9.88 Å². The van der Waals surface area contributed by atoms with Gasteiger partial charge in [0, 0.05) is 18.0 Å². The molecular formula is C11H16N2O2S. The monoisotopic (exact) mass is 240 g/mol. The molecule has 1 fully saturated rings. The van der Waals surface area contributed by atoms with E-state index in [1.54, 1.807) is 11.3 Å². The molecule has 0 saturated carbocycles. The van der Waals surface area contributed by atoms with Gasteiger partial charge in [-0.1, -0.05) is 6.42 Å². The largest absolute Gasteiger partial charge is 0.481 e. The Balaban J connectivity index is 1.96. The van der Waals surface area contributed by atoms with Crippen molar-refractivity contribution >= 4 is 17.3 Å². The van der Waals surface area contributed by atoms with Gasteiger partial charge in [-0.2, -0.15) is 0 Å². The number of carbonyl (C=O) groups is 1. The zero-order valence-electron chi connectivity index (χ0n) is 9.13. The second kappa shape index (κ2) is 5.41. The number of carboxylic acids is 1. The summed E-state index contributed by atoms with van der Waals surface area (Å²) < 4.78 is 0. The lowest BCUT2D eigenvalue weighted by molar-refractivity contribution is -0.138. The highest BCUT2D eigenvalue weighted by Crippen LogP contribution is 2.21. The first kappa shape index (κ1) is 11.5. The van der Waals surface area contributed by atoms with Crippen LogP contribution in [0, 0.1) is 0 Å². The number of rotatable bonds is 4. The van der Waals surface area contributed by atoms with Gasteiger partial charge in [0.2, 0.25) is 0 Å². The molecule has 0 spiro atoms. The average Bonchev–Trinajstić information content (AvgIpc) is 2.73. The number of aliphatic carboxylic acids is 1. The van der Waals surface area contributed by atoms with E-state index >= 15 is 0 Å². The first-order valence-electron chi connectivity index (χ1n) is 5.58. The van der Waals surface area contributed by atoms with Crippen LogP contribution >= 0.6 is 11.3 Å². The number of nitrogens with zero attached hydrogens (tertiary/aromatic N) is 2. The van der Waals surface area contributed by atoms with Crippen molar-refractivity contribution in [1.82, 2.24) is 9.88 Å². The van der Waals surface area contributed by atoms with Gasteiger partial charge in [0.05, 0.1) is 17.6 Å². The number of likely N-dealkylation sites (tertiary alicyclic amines) is 1. The summed E-state index contributed by atoms with van der Waals surface area (Å²) in [5.74, 6) is -0.699. The second-order valence-corrected chi connectivity index (χ2v) is 4.92. The van der Waals surface area contributed by atoms with Crippen LogP contribution in [0.25, 0.3) is 0 Å². The molecule has 2 heterocycles. The van der Waals surface area contributed by atoms with Crippen molar-refractivity contribution in [3.63, 3.8) is 0 Å². The topological polar surface area (TPSA) is 53.4 Å². The smallest absolute Gasteiger partial charge is 0.304 e.